The number of carbonyl (C=O) groups excluding carboxylic acids is 1. The van der Waals surface area contributed by atoms with E-state index >= 15 is 0 Å². The summed E-state index contributed by atoms with van der Waals surface area (Å²) in [6.07, 6.45) is 0. The second-order valence-electron chi connectivity index (χ2n) is 5.48. The van der Waals surface area contributed by atoms with E-state index in [1.54, 1.807) is 11.9 Å². The monoisotopic (exact) mass is 264 g/mol. The summed E-state index contributed by atoms with van der Waals surface area (Å²) in [4.78, 5) is 13.8. The van der Waals surface area contributed by atoms with Gasteiger partial charge in [0.25, 0.3) is 0 Å². The van der Waals surface area contributed by atoms with Gasteiger partial charge in [0.1, 0.15) is 12.4 Å². The number of aryl methyl sites for hydroxylation is 1. The number of nitrogens with zero attached hydrogens (tertiary/aromatic N) is 1. The van der Waals surface area contributed by atoms with E-state index in [4.69, 9.17) is 10.5 Å². The number of amides is 1. The summed E-state index contributed by atoms with van der Waals surface area (Å²) in [5.41, 5.74) is 6.25. The predicted molar refractivity (Wildman–Crippen MR) is 77.1 cm³/mol. The van der Waals surface area contributed by atoms with Crippen LogP contribution >= 0.6 is 0 Å². The third-order valence-electron chi connectivity index (χ3n) is 3.12. The Morgan fingerprint density at radius 3 is 2.68 bits per heavy atom. The highest BCUT2D eigenvalue weighted by Crippen LogP contribution is 2.16. The van der Waals surface area contributed by atoms with Crippen LogP contribution in [0.4, 0.5) is 0 Å². The molecule has 2 N–H and O–H groups in total. The summed E-state index contributed by atoms with van der Waals surface area (Å²) >= 11 is 0. The molecule has 4 heteroatoms. The Labute approximate surface area is 115 Å². The molecule has 0 unspecified atom stereocenters. The van der Waals surface area contributed by atoms with Gasteiger partial charge in [-0.2, -0.15) is 0 Å². The van der Waals surface area contributed by atoms with Gasteiger partial charge < -0.3 is 15.4 Å². The van der Waals surface area contributed by atoms with E-state index in [2.05, 4.69) is 0 Å². The van der Waals surface area contributed by atoms with Crippen molar-refractivity contribution in [3.8, 4) is 5.75 Å². The summed E-state index contributed by atoms with van der Waals surface area (Å²) in [7, 11) is 1.78. The molecule has 1 rings (SSSR count). The summed E-state index contributed by atoms with van der Waals surface area (Å²) in [6, 6.07) is 7.87. The normalized spacial score (nSPS) is 11.2. The number of carbonyl (C=O) groups is 1. The standard InChI is InChI=1S/C15H24N2O2/c1-12-6-5-7-13(10-12)19-9-8-17(4)14(18)15(2,3)11-16/h5-7,10H,8-9,11,16H2,1-4H3. The van der Waals surface area contributed by atoms with E-state index in [0.717, 1.165) is 11.3 Å². The van der Waals surface area contributed by atoms with Crippen LogP contribution in [0.15, 0.2) is 24.3 Å². The maximum Gasteiger partial charge on any atom is 0.229 e. The number of rotatable bonds is 6. The fraction of sp³-hybridized carbons (Fsp3) is 0.533. The molecule has 106 valence electrons. The number of ether oxygens (including phenoxy) is 1. The van der Waals surface area contributed by atoms with Gasteiger partial charge in [-0.05, 0) is 38.5 Å². The molecular formula is C15H24N2O2. The minimum Gasteiger partial charge on any atom is -0.492 e. The van der Waals surface area contributed by atoms with Crippen molar-refractivity contribution in [3.63, 3.8) is 0 Å². The molecule has 0 aliphatic carbocycles. The third-order valence-corrected chi connectivity index (χ3v) is 3.12. The van der Waals surface area contributed by atoms with Crippen molar-refractivity contribution in [2.75, 3.05) is 26.7 Å². The van der Waals surface area contributed by atoms with Crippen LogP contribution in [-0.2, 0) is 4.79 Å². The van der Waals surface area contributed by atoms with Crippen molar-refractivity contribution in [3.05, 3.63) is 29.8 Å². The van der Waals surface area contributed by atoms with Gasteiger partial charge in [0.05, 0.1) is 12.0 Å². The van der Waals surface area contributed by atoms with Crippen molar-refractivity contribution in [2.45, 2.75) is 20.8 Å². The Hall–Kier alpha value is -1.55. The number of hydrogen-bond acceptors (Lipinski definition) is 3. The lowest BCUT2D eigenvalue weighted by molar-refractivity contribution is -0.138. The van der Waals surface area contributed by atoms with Crippen LogP contribution in [0.1, 0.15) is 19.4 Å². The Bertz CT molecular complexity index is 430. The van der Waals surface area contributed by atoms with E-state index in [1.807, 2.05) is 45.0 Å². The van der Waals surface area contributed by atoms with E-state index in [9.17, 15) is 4.79 Å². The zero-order chi connectivity index (χ0) is 14.5. The van der Waals surface area contributed by atoms with Gasteiger partial charge in [-0.15, -0.1) is 0 Å². The average molecular weight is 264 g/mol. The Kier molecular flexibility index (Phi) is 5.36. The van der Waals surface area contributed by atoms with Gasteiger partial charge in [0.15, 0.2) is 0 Å². The maximum atomic E-state index is 12.1. The molecule has 0 saturated carbocycles. The summed E-state index contributed by atoms with van der Waals surface area (Å²) < 4.78 is 5.63. The molecule has 0 spiro atoms. The predicted octanol–water partition coefficient (Wildman–Crippen LogP) is 1.82. The third kappa shape index (κ3) is 4.56. The molecular weight excluding hydrogens is 240 g/mol. The molecule has 0 atom stereocenters. The van der Waals surface area contributed by atoms with Crippen LogP contribution in [0.25, 0.3) is 0 Å². The second-order valence-corrected chi connectivity index (χ2v) is 5.48. The Morgan fingerprint density at radius 1 is 1.42 bits per heavy atom. The lowest BCUT2D eigenvalue weighted by Crippen LogP contribution is -2.44. The zero-order valence-electron chi connectivity index (χ0n) is 12.3. The molecule has 0 saturated heterocycles. The number of nitrogens with two attached hydrogens (primary N) is 1. The maximum absolute atomic E-state index is 12.1. The molecule has 1 amide bonds. The minimum absolute atomic E-state index is 0.0443. The highest BCUT2D eigenvalue weighted by atomic mass is 16.5. The molecule has 0 aromatic heterocycles. The lowest BCUT2D eigenvalue weighted by atomic mass is 9.92. The van der Waals surface area contributed by atoms with Crippen LogP contribution in [0, 0.1) is 12.3 Å². The van der Waals surface area contributed by atoms with Crippen molar-refractivity contribution in [2.24, 2.45) is 11.1 Å². The summed E-state index contributed by atoms with van der Waals surface area (Å²) in [6.45, 7) is 7.10. The van der Waals surface area contributed by atoms with E-state index < -0.39 is 5.41 Å². The van der Waals surface area contributed by atoms with Crippen LogP contribution < -0.4 is 10.5 Å². The first kappa shape index (κ1) is 15.5. The second kappa shape index (κ2) is 6.57. The first-order valence-electron chi connectivity index (χ1n) is 6.52. The fourth-order valence-corrected chi connectivity index (χ4v) is 1.71. The topological polar surface area (TPSA) is 55.6 Å². The fourth-order valence-electron chi connectivity index (χ4n) is 1.71. The van der Waals surface area contributed by atoms with Crippen LogP contribution in [0.3, 0.4) is 0 Å². The highest BCUT2D eigenvalue weighted by molar-refractivity contribution is 5.81. The van der Waals surface area contributed by atoms with Crippen LogP contribution in [0.2, 0.25) is 0 Å². The molecule has 0 bridgehead atoms. The van der Waals surface area contributed by atoms with Gasteiger partial charge in [-0.25, -0.2) is 0 Å². The van der Waals surface area contributed by atoms with Crippen LogP contribution in [0.5, 0.6) is 5.75 Å². The smallest absolute Gasteiger partial charge is 0.229 e. The van der Waals surface area contributed by atoms with E-state index in [0.29, 0.717) is 19.7 Å². The van der Waals surface area contributed by atoms with E-state index in [1.165, 1.54) is 0 Å². The molecule has 0 heterocycles. The van der Waals surface area contributed by atoms with Gasteiger partial charge in [0.2, 0.25) is 5.91 Å². The average Bonchev–Trinajstić information content (AvgIpc) is 2.37. The van der Waals surface area contributed by atoms with Crippen molar-refractivity contribution in [1.29, 1.82) is 0 Å². The minimum atomic E-state index is -0.516. The molecule has 0 aliphatic rings. The Balaban J connectivity index is 2.43. The molecule has 19 heavy (non-hydrogen) atoms. The van der Waals surface area contributed by atoms with Gasteiger partial charge in [-0.1, -0.05) is 12.1 Å². The van der Waals surface area contributed by atoms with E-state index in [-0.39, 0.29) is 5.91 Å². The highest BCUT2D eigenvalue weighted by Gasteiger charge is 2.28. The van der Waals surface area contributed by atoms with Crippen LogP contribution in [-0.4, -0.2) is 37.6 Å². The number of likely N-dealkylation sites (N-methyl/N-ethyl adjacent to an activating group) is 1. The van der Waals surface area contributed by atoms with Crippen molar-refractivity contribution >= 4 is 5.91 Å². The Morgan fingerprint density at radius 2 is 2.11 bits per heavy atom. The number of hydrogen-bond donors (Lipinski definition) is 1. The molecule has 0 aliphatic heterocycles. The SMILES string of the molecule is Cc1cccc(OCCN(C)C(=O)C(C)(C)CN)c1. The summed E-state index contributed by atoms with van der Waals surface area (Å²) in [5.74, 6) is 0.877. The number of benzene rings is 1. The van der Waals surface area contributed by atoms with Crippen molar-refractivity contribution in [1.82, 2.24) is 4.90 Å². The molecule has 0 radical (unpaired) electrons. The van der Waals surface area contributed by atoms with Gasteiger partial charge >= 0.3 is 0 Å². The quantitative estimate of drug-likeness (QED) is 0.852. The molecule has 0 fully saturated rings. The first-order valence-corrected chi connectivity index (χ1v) is 6.52. The van der Waals surface area contributed by atoms with Gasteiger partial charge in [-0.3, -0.25) is 4.79 Å². The molecule has 1 aromatic carbocycles. The lowest BCUT2D eigenvalue weighted by Gasteiger charge is -2.28. The molecule has 4 nitrogen and oxygen atoms in total. The molecule has 1 aromatic rings. The van der Waals surface area contributed by atoms with Gasteiger partial charge in [0, 0.05) is 13.6 Å². The summed E-state index contributed by atoms with van der Waals surface area (Å²) in [5, 5.41) is 0. The zero-order valence-corrected chi connectivity index (χ0v) is 12.3. The van der Waals surface area contributed by atoms with Crippen molar-refractivity contribution < 1.29 is 9.53 Å². The first-order chi connectivity index (χ1) is 8.86. The largest absolute Gasteiger partial charge is 0.492 e.